The van der Waals surface area contributed by atoms with Crippen LogP contribution in [0.4, 0.5) is 0 Å². The molecule has 0 saturated carbocycles. The molecule has 0 aliphatic carbocycles. The highest BCUT2D eigenvalue weighted by Gasteiger charge is 2.15. The molecule has 0 saturated heterocycles. The third kappa shape index (κ3) is 2.49. The van der Waals surface area contributed by atoms with E-state index in [9.17, 15) is 8.42 Å². The predicted octanol–water partition coefficient (Wildman–Crippen LogP) is 1.52. The first-order valence-electron chi connectivity index (χ1n) is 4.53. The molecule has 0 bridgehead atoms. The Kier molecular flexibility index (Phi) is 3.08. The molecular weight excluding hydrogens is 248 g/mol. The SMILES string of the molecule is Cc1cc(CNS(=O)(=O)c2cccs2)no1. The molecule has 0 spiro atoms. The van der Waals surface area contributed by atoms with E-state index in [-0.39, 0.29) is 6.54 Å². The number of rotatable bonds is 4. The Morgan fingerprint density at radius 1 is 1.56 bits per heavy atom. The summed E-state index contributed by atoms with van der Waals surface area (Å²) in [5, 5.41) is 5.42. The van der Waals surface area contributed by atoms with Crippen molar-refractivity contribution in [1.29, 1.82) is 0 Å². The highest BCUT2D eigenvalue weighted by atomic mass is 32.2. The number of hydrogen-bond acceptors (Lipinski definition) is 5. The van der Waals surface area contributed by atoms with E-state index >= 15 is 0 Å². The Balaban J connectivity index is 2.06. The Bertz CT molecular complexity index is 557. The van der Waals surface area contributed by atoms with Gasteiger partial charge in [-0.15, -0.1) is 11.3 Å². The quantitative estimate of drug-likeness (QED) is 0.902. The van der Waals surface area contributed by atoms with E-state index in [2.05, 4.69) is 9.88 Å². The van der Waals surface area contributed by atoms with Crippen molar-refractivity contribution in [3.8, 4) is 0 Å². The highest BCUT2D eigenvalue weighted by molar-refractivity contribution is 7.91. The van der Waals surface area contributed by atoms with Gasteiger partial charge in [-0.25, -0.2) is 13.1 Å². The number of sulfonamides is 1. The minimum atomic E-state index is -3.42. The van der Waals surface area contributed by atoms with Gasteiger partial charge in [-0.1, -0.05) is 11.2 Å². The lowest BCUT2D eigenvalue weighted by molar-refractivity contribution is 0.390. The smallest absolute Gasteiger partial charge is 0.250 e. The predicted molar refractivity (Wildman–Crippen MR) is 59.6 cm³/mol. The van der Waals surface area contributed by atoms with Crippen LogP contribution in [-0.2, 0) is 16.6 Å². The van der Waals surface area contributed by atoms with Crippen molar-refractivity contribution in [2.24, 2.45) is 0 Å². The average molecular weight is 258 g/mol. The van der Waals surface area contributed by atoms with Crippen LogP contribution in [0.2, 0.25) is 0 Å². The van der Waals surface area contributed by atoms with Crippen molar-refractivity contribution in [3.05, 3.63) is 35.0 Å². The van der Waals surface area contributed by atoms with Crippen molar-refractivity contribution in [3.63, 3.8) is 0 Å². The largest absolute Gasteiger partial charge is 0.361 e. The molecule has 0 fully saturated rings. The molecule has 0 aromatic carbocycles. The fourth-order valence-electron chi connectivity index (χ4n) is 1.16. The first-order chi connectivity index (χ1) is 7.58. The summed E-state index contributed by atoms with van der Waals surface area (Å²) in [5.74, 6) is 0.658. The maximum atomic E-state index is 11.7. The van der Waals surface area contributed by atoms with E-state index in [0.717, 1.165) is 0 Å². The molecule has 0 radical (unpaired) electrons. The van der Waals surface area contributed by atoms with E-state index in [0.29, 0.717) is 15.7 Å². The van der Waals surface area contributed by atoms with Crippen LogP contribution in [0.3, 0.4) is 0 Å². The highest BCUT2D eigenvalue weighted by Crippen LogP contribution is 2.15. The van der Waals surface area contributed by atoms with Gasteiger partial charge in [-0.2, -0.15) is 0 Å². The number of thiophene rings is 1. The van der Waals surface area contributed by atoms with Crippen LogP contribution in [0.1, 0.15) is 11.5 Å². The minimum Gasteiger partial charge on any atom is -0.361 e. The van der Waals surface area contributed by atoms with Gasteiger partial charge in [-0.05, 0) is 18.4 Å². The molecule has 2 heterocycles. The average Bonchev–Trinajstić information content (AvgIpc) is 2.85. The van der Waals surface area contributed by atoms with Crippen molar-refractivity contribution < 1.29 is 12.9 Å². The summed E-state index contributed by atoms with van der Waals surface area (Å²) < 4.78 is 31.0. The number of nitrogens with zero attached hydrogens (tertiary/aromatic N) is 1. The van der Waals surface area contributed by atoms with E-state index < -0.39 is 10.0 Å². The number of nitrogens with one attached hydrogen (secondary N) is 1. The van der Waals surface area contributed by atoms with Crippen molar-refractivity contribution in [1.82, 2.24) is 9.88 Å². The molecule has 2 rings (SSSR count). The fourth-order valence-corrected chi connectivity index (χ4v) is 3.19. The second kappa shape index (κ2) is 4.36. The second-order valence-electron chi connectivity index (χ2n) is 3.19. The molecule has 7 heteroatoms. The van der Waals surface area contributed by atoms with Crippen LogP contribution in [0.25, 0.3) is 0 Å². The summed E-state index contributed by atoms with van der Waals surface area (Å²) >= 11 is 1.18. The lowest BCUT2D eigenvalue weighted by Gasteiger charge is -2.01. The van der Waals surface area contributed by atoms with Gasteiger partial charge in [0, 0.05) is 6.07 Å². The standard InChI is InChI=1S/C9H10N2O3S2/c1-7-5-8(11-14-7)6-10-16(12,13)9-3-2-4-15-9/h2-5,10H,6H2,1H3. The molecule has 0 amide bonds. The number of aromatic nitrogens is 1. The topological polar surface area (TPSA) is 72.2 Å². The van der Waals surface area contributed by atoms with Crippen LogP contribution >= 0.6 is 11.3 Å². The summed E-state index contributed by atoms with van der Waals surface area (Å²) in [7, 11) is -3.42. The maximum Gasteiger partial charge on any atom is 0.250 e. The van der Waals surface area contributed by atoms with Crippen molar-refractivity contribution in [2.75, 3.05) is 0 Å². The molecular formula is C9H10N2O3S2. The molecule has 86 valence electrons. The van der Waals surface area contributed by atoms with E-state index in [1.54, 1.807) is 30.5 Å². The normalized spacial score (nSPS) is 11.8. The van der Waals surface area contributed by atoms with Crippen molar-refractivity contribution >= 4 is 21.4 Å². The first kappa shape index (κ1) is 11.3. The summed E-state index contributed by atoms with van der Waals surface area (Å²) in [4.78, 5) is 0. The molecule has 16 heavy (non-hydrogen) atoms. The van der Waals surface area contributed by atoms with Gasteiger partial charge in [0.25, 0.3) is 0 Å². The maximum absolute atomic E-state index is 11.7. The van der Waals surface area contributed by atoms with Gasteiger partial charge in [0.15, 0.2) is 0 Å². The molecule has 1 N–H and O–H groups in total. The zero-order valence-electron chi connectivity index (χ0n) is 8.50. The molecule has 2 aromatic heterocycles. The molecule has 0 atom stereocenters. The lowest BCUT2D eigenvalue weighted by atomic mass is 10.4. The molecule has 5 nitrogen and oxygen atoms in total. The number of hydrogen-bond donors (Lipinski definition) is 1. The van der Waals surface area contributed by atoms with E-state index in [1.165, 1.54) is 11.3 Å². The summed E-state index contributed by atoms with van der Waals surface area (Å²) in [6.07, 6.45) is 0. The first-order valence-corrected chi connectivity index (χ1v) is 6.89. The molecule has 0 aliphatic heterocycles. The molecule has 0 aliphatic rings. The zero-order chi connectivity index (χ0) is 11.6. The van der Waals surface area contributed by atoms with Gasteiger partial charge in [-0.3, -0.25) is 0 Å². The summed E-state index contributed by atoms with van der Waals surface area (Å²) in [6, 6.07) is 4.94. The van der Waals surface area contributed by atoms with Gasteiger partial charge in [0.2, 0.25) is 10.0 Å². The second-order valence-corrected chi connectivity index (χ2v) is 6.13. The van der Waals surface area contributed by atoms with Crippen LogP contribution in [0, 0.1) is 6.92 Å². The van der Waals surface area contributed by atoms with E-state index in [1.807, 2.05) is 0 Å². The third-order valence-electron chi connectivity index (χ3n) is 1.88. The van der Waals surface area contributed by atoms with E-state index in [4.69, 9.17) is 4.52 Å². The fraction of sp³-hybridized carbons (Fsp3) is 0.222. The minimum absolute atomic E-state index is 0.136. The van der Waals surface area contributed by atoms with Crippen LogP contribution < -0.4 is 4.72 Å². The Morgan fingerprint density at radius 3 is 2.94 bits per heavy atom. The van der Waals surface area contributed by atoms with Crippen LogP contribution in [-0.4, -0.2) is 13.6 Å². The van der Waals surface area contributed by atoms with Crippen LogP contribution in [0.5, 0.6) is 0 Å². The Morgan fingerprint density at radius 2 is 2.38 bits per heavy atom. The number of aryl methyl sites for hydroxylation is 1. The monoisotopic (exact) mass is 258 g/mol. The Hall–Kier alpha value is -1.18. The summed E-state index contributed by atoms with van der Waals surface area (Å²) in [6.45, 7) is 1.89. The van der Waals surface area contributed by atoms with Crippen molar-refractivity contribution in [2.45, 2.75) is 17.7 Å². The Labute approximate surface area is 97.1 Å². The zero-order valence-corrected chi connectivity index (χ0v) is 10.1. The van der Waals surface area contributed by atoms with Crippen LogP contribution in [0.15, 0.2) is 32.3 Å². The molecule has 2 aromatic rings. The van der Waals surface area contributed by atoms with Gasteiger partial charge in [0.1, 0.15) is 9.97 Å². The third-order valence-corrected chi connectivity index (χ3v) is 4.68. The lowest BCUT2D eigenvalue weighted by Crippen LogP contribution is -2.22. The van der Waals surface area contributed by atoms with Gasteiger partial charge in [0.05, 0.1) is 12.2 Å². The van der Waals surface area contributed by atoms with Gasteiger partial charge < -0.3 is 4.52 Å². The summed E-state index contributed by atoms with van der Waals surface area (Å²) in [5.41, 5.74) is 0.567. The van der Waals surface area contributed by atoms with Gasteiger partial charge >= 0.3 is 0 Å². The molecule has 0 unspecified atom stereocenters.